The average Bonchev–Trinajstić information content (AvgIpc) is 3.26. The van der Waals surface area contributed by atoms with Gasteiger partial charge in [-0.05, 0) is 50.5 Å². The van der Waals surface area contributed by atoms with E-state index in [0.717, 1.165) is 32.1 Å². The lowest BCUT2D eigenvalue weighted by Gasteiger charge is -2.34. The lowest BCUT2D eigenvalue weighted by molar-refractivity contribution is 0.139. The van der Waals surface area contributed by atoms with Crippen molar-refractivity contribution < 1.29 is 0 Å². The zero-order valence-electron chi connectivity index (χ0n) is 18.5. The Kier molecular flexibility index (Phi) is 9.25. The number of benzene rings is 1. The quantitative estimate of drug-likeness (QED) is 0.490. The van der Waals surface area contributed by atoms with Gasteiger partial charge in [-0.1, -0.05) is 31.2 Å². The SMILES string of the molecule is CCNC(=NCc1ccc(CN2CCCC2)cc1)NCCN1CCN(CC)CC1. The minimum atomic E-state index is 0.717. The highest BCUT2D eigenvalue weighted by molar-refractivity contribution is 5.79. The minimum absolute atomic E-state index is 0.717. The number of likely N-dealkylation sites (tertiary alicyclic amines) is 1. The molecule has 2 aliphatic rings. The molecule has 0 unspecified atom stereocenters. The Morgan fingerprint density at radius 1 is 0.828 bits per heavy atom. The predicted molar refractivity (Wildman–Crippen MR) is 122 cm³/mol. The molecule has 0 bridgehead atoms. The topological polar surface area (TPSA) is 46.1 Å². The first-order chi connectivity index (χ1) is 14.3. The molecular weight excluding hydrogens is 360 g/mol. The van der Waals surface area contributed by atoms with Crippen molar-refractivity contribution in [3.05, 3.63) is 35.4 Å². The second kappa shape index (κ2) is 12.2. The number of guanidine groups is 1. The van der Waals surface area contributed by atoms with Crippen LogP contribution in [-0.4, -0.2) is 86.1 Å². The van der Waals surface area contributed by atoms with E-state index in [1.54, 1.807) is 0 Å². The third-order valence-electron chi connectivity index (χ3n) is 6.02. The van der Waals surface area contributed by atoms with Gasteiger partial charge in [0.2, 0.25) is 0 Å². The summed E-state index contributed by atoms with van der Waals surface area (Å²) in [5, 5.41) is 6.87. The predicted octanol–water partition coefficient (Wildman–Crippen LogP) is 1.98. The number of likely N-dealkylation sites (N-methyl/N-ethyl adjacent to an activating group) is 1. The Labute approximate surface area is 177 Å². The van der Waals surface area contributed by atoms with E-state index in [0.29, 0.717) is 6.54 Å². The van der Waals surface area contributed by atoms with Crippen molar-refractivity contribution in [1.29, 1.82) is 0 Å². The summed E-state index contributed by atoms with van der Waals surface area (Å²) >= 11 is 0. The summed E-state index contributed by atoms with van der Waals surface area (Å²) in [6.45, 7) is 17.5. The largest absolute Gasteiger partial charge is 0.357 e. The van der Waals surface area contributed by atoms with E-state index < -0.39 is 0 Å². The van der Waals surface area contributed by atoms with Gasteiger partial charge in [0.25, 0.3) is 0 Å². The third kappa shape index (κ3) is 7.61. The van der Waals surface area contributed by atoms with Crippen LogP contribution in [0.1, 0.15) is 37.8 Å². The van der Waals surface area contributed by atoms with Crippen molar-refractivity contribution in [2.45, 2.75) is 39.8 Å². The monoisotopic (exact) mass is 400 g/mol. The fourth-order valence-corrected chi connectivity index (χ4v) is 4.12. The molecule has 0 aliphatic carbocycles. The number of nitrogens with one attached hydrogen (secondary N) is 2. The standard InChI is InChI=1S/C23H40N6/c1-3-24-23(25-11-14-28-17-15-27(4-2)16-18-28)26-19-21-7-9-22(10-8-21)20-29-12-5-6-13-29/h7-10H,3-6,11-20H2,1-2H3,(H2,24,25,26). The fraction of sp³-hybridized carbons (Fsp3) is 0.696. The first-order valence-corrected chi connectivity index (χ1v) is 11.5. The van der Waals surface area contributed by atoms with Crippen molar-refractivity contribution in [2.75, 3.05) is 65.4 Å². The maximum atomic E-state index is 4.78. The molecule has 0 saturated carbocycles. The van der Waals surface area contributed by atoms with Crippen LogP contribution in [0, 0.1) is 0 Å². The molecule has 0 atom stereocenters. The second-order valence-corrected chi connectivity index (χ2v) is 8.20. The van der Waals surface area contributed by atoms with Crippen LogP contribution in [0.25, 0.3) is 0 Å². The fourth-order valence-electron chi connectivity index (χ4n) is 4.12. The van der Waals surface area contributed by atoms with E-state index in [2.05, 4.69) is 63.4 Å². The molecule has 0 amide bonds. The highest BCUT2D eigenvalue weighted by Crippen LogP contribution is 2.13. The summed E-state index contributed by atoms with van der Waals surface area (Å²) in [4.78, 5) is 12.4. The van der Waals surface area contributed by atoms with Gasteiger partial charge < -0.3 is 15.5 Å². The third-order valence-corrected chi connectivity index (χ3v) is 6.02. The van der Waals surface area contributed by atoms with Gasteiger partial charge in [0.05, 0.1) is 6.54 Å². The zero-order chi connectivity index (χ0) is 20.3. The molecule has 0 aromatic heterocycles. The molecule has 2 N–H and O–H groups in total. The maximum absolute atomic E-state index is 4.78. The summed E-state index contributed by atoms with van der Waals surface area (Å²) in [6.07, 6.45) is 2.70. The van der Waals surface area contributed by atoms with Crippen LogP contribution in [0.15, 0.2) is 29.3 Å². The molecule has 2 fully saturated rings. The summed E-state index contributed by atoms with van der Waals surface area (Å²) < 4.78 is 0. The van der Waals surface area contributed by atoms with Crippen molar-refractivity contribution in [2.24, 2.45) is 4.99 Å². The smallest absolute Gasteiger partial charge is 0.191 e. The van der Waals surface area contributed by atoms with Gasteiger partial charge in [-0.3, -0.25) is 9.80 Å². The molecule has 1 aromatic rings. The normalized spacial score (nSPS) is 19.6. The van der Waals surface area contributed by atoms with Crippen LogP contribution in [0.3, 0.4) is 0 Å². The summed E-state index contributed by atoms with van der Waals surface area (Å²) in [5.74, 6) is 0.917. The number of nitrogens with zero attached hydrogens (tertiary/aromatic N) is 4. The van der Waals surface area contributed by atoms with Gasteiger partial charge in [0, 0.05) is 52.4 Å². The van der Waals surface area contributed by atoms with Crippen molar-refractivity contribution in [3.63, 3.8) is 0 Å². The van der Waals surface area contributed by atoms with Gasteiger partial charge in [-0.2, -0.15) is 0 Å². The highest BCUT2D eigenvalue weighted by atomic mass is 15.3. The molecule has 2 saturated heterocycles. The maximum Gasteiger partial charge on any atom is 0.191 e. The zero-order valence-corrected chi connectivity index (χ0v) is 18.5. The van der Waals surface area contributed by atoms with E-state index in [-0.39, 0.29) is 0 Å². The van der Waals surface area contributed by atoms with Gasteiger partial charge in [0.1, 0.15) is 0 Å². The van der Waals surface area contributed by atoms with E-state index >= 15 is 0 Å². The Bertz CT molecular complexity index is 600. The van der Waals surface area contributed by atoms with Crippen LogP contribution >= 0.6 is 0 Å². The average molecular weight is 401 g/mol. The first-order valence-electron chi connectivity index (χ1n) is 11.5. The first kappa shape index (κ1) is 22.1. The molecular formula is C23H40N6. The molecule has 162 valence electrons. The Morgan fingerprint density at radius 2 is 1.48 bits per heavy atom. The molecule has 2 heterocycles. The molecule has 0 spiro atoms. The van der Waals surface area contributed by atoms with Gasteiger partial charge in [-0.15, -0.1) is 0 Å². The Hall–Kier alpha value is -1.63. The number of hydrogen-bond acceptors (Lipinski definition) is 4. The van der Waals surface area contributed by atoms with Crippen molar-refractivity contribution in [3.8, 4) is 0 Å². The number of hydrogen-bond donors (Lipinski definition) is 2. The Morgan fingerprint density at radius 3 is 2.14 bits per heavy atom. The molecule has 29 heavy (non-hydrogen) atoms. The van der Waals surface area contributed by atoms with Crippen LogP contribution in [0.5, 0.6) is 0 Å². The van der Waals surface area contributed by atoms with Gasteiger partial charge >= 0.3 is 0 Å². The molecule has 0 radical (unpaired) electrons. The van der Waals surface area contributed by atoms with Crippen molar-refractivity contribution >= 4 is 5.96 Å². The van der Waals surface area contributed by atoms with E-state index in [1.165, 1.54) is 69.8 Å². The molecule has 6 nitrogen and oxygen atoms in total. The second-order valence-electron chi connectivity index (χ2n) is 8.20. The van der Waals surface area contributed by atoms with Crippen LogP contribution in [0.2, 0.25) is 0 Å². The van der Waals surface area contributed by atoms with Gasteiger partial charge in [-0.25, -0.2) is 4.99 Å². The van der Waals surface area contributed by atoms with Crippen LogP contribution in [-0.2, 0) is 13.1 Å². The van der Waals surface area contributed by atoms with E-state index in [9.17, 15) is 0 Å². The lowest BCUT2D eigenvalue weighted by atomic mass is 10.1. The summed E-state index contributed by atoms with van der Waals surface area (Å²) in [7, 11) is 0. The minimum Gasteiger partial charge on any atom is -0.357 e. The number of rotatable bonds is 9. The Balaban J connectivity index is 1.41. The molecule has 2 aliphatic heterocycles. The molecule has 1 aromatic carbocycles. The van der Waals surface area contributed by atoms with Gasteiger partial charge in [0.15, 0.2) is 5.96 Å². The van der Waals surface area contributed by atoms with Crippen LogP contribution in [0.4, 0.5) is 0 Å². The van der Waals surface area contributed by atoms with E-state index in [1.807, 2.05) is 0 Å². The molecule has 3 rings (SSSR count). The highest BCUT2D eigenvalue weighted by Gasteiger charge is 2.15. The van der Waals surface area contributed by atoms with Crippen molar-refractivity contribution in [1.82, 2.24) is 25.3 Å². The molecule has 6 heteroatoms. The number of piperazine rings is 1. The summed E-state index contributed by atoms with van der Waals surface area (Å²) in [5.41, 5.74) is 2.68. The number of aliphatic imine (C=N–C) groups is 1. The van der Waals surface area contributed by atoms with Crippen LogP contribution < -0.4 is 10.6 Å². The lowest BCUT2D eigenvalue weighted by Crippen LogP contribution is -2.49. The van der Waals surface area contributed by atoms with E-state index in [4.69, 9.17) is 4.99 Å². The summed E-state index contributed by atoms with van der Waals surface area (Å²) in [6, 6.07) is 8.98.